The molecule has 0 aromatic heterocycles. The normalized spacial score (nSPS) is 13.7. The van der Waals surface area contributed by atoms with Crippen LogP contribution in [0.3, 0.4) is 0 Å². The Labute approximate surface area is 632 Å². The van der Waals surface area contributed by atoms with E-state index < -0.39 is 97.5 Å². The van der Waals surface area contributed by atoms with Crippen molar-refractivity contribution in [2.45, 2.75) is 476 Å². The minimum Gasteiger partial charge on any atom is -0.462 e. The Balaban J connectivity index is 5.16. The first-order valence-corrected chi connectivity index (χ1v) is 46.8. The van der Waals surface area contributed by atoms with E-state index in [4.69, 9.17) is 37.0 Å². The third-order valence-electron chi connectivity index (χ3n) is 19.9. The van der Waals surface area contributed by atoms with Crippen LogP contribution in [-0.4, -0.2) is 96.7 Å². The number of aliphatic hydroxyl groups is 1. The minimum atomic E-state index is -4.96. The minimum absolute atomic E-state index is 0.109. The molecular weight excluding hydrogens is 1340 g/mol. The van der Waals surface area contributed by atoms with Crippen LogP contribution in [0, 0.1) is 0 Å². The van der Waals surface area contributed by atoms with Crippen LogP contribution in [-0.2, 0) is 65.4 Å². The van der Waals surface area contributed by atoms with Crippen molar-refractivity contribution in [3.8, 4) is 0 Å². The quantitative estimate of drug-likeness (QED) is 0.0222. The zero-order valence-corrected chi connectivity index (χ0v) is 69.1. The lowest BCUT2D eigenvalue weighted by atomic mass is 10.0. The van der Waals surface area contributed by atoms with Crippen LogP contribution in [0.1, 0.15) is 458 Å². The van der Waals surface area contributed by atoms with Crippen molar-refractivity contribution in [2.24, 2.45) is 0 Å². The standard InChI is InChI=1S/C84H164O17P2/c1-5-9-13-17-21-24-27-30-33-36-38-39-41-43-46-49-52-55-59-63-67-71-84(89)101-80(75-95-82(87)69-65-61-57-53-50-47-45-42-40-37-34-31-28-25-22-18-14-10-6-2)77-99-103(92,93)97-73-78(85)72-96-102(90,91)98-76-79(74-94-81(86)68-64-60-56-20-16-12-8-4)100-83(88)70-66-62-58-54-51-48-44-35-32-29-26-23-19-15-11-7-3/h78-80,85H,5-77H2,1-4H3,(H,90,91)(H,92,93)/t78-,79+,80+/m0/s1. The SMILES string of the molecule is CCCCCCCCCCCCCCCCCCCCCCCC(=O)O[C@H](COC(=O)CCCCCCCCCCCCCCCCCCCCC)COP(=O)(O)OC[C@@H](O)COP(=O)(O)OC[C@@H](COC(=O)CCCCCCCCC)OC(=O)CCCCCCCCCCCCCCCCCC. The van der Waals surface area contributed by atoms with Crippen LogP contribution in [0.4, 0.5) is 0 Å². The summed E-state index contributed by atoms with van der Waals surface area (Å²) in [5.74, 6) is -2.11. The Morgan fingerprint density at radius 1 is 0.233 bits per heavy atom. The van der Waals surface area contributed by atoms with Crippen LogP contribution in [0.15, 0.2) is 0 Å². The molecule has 0 saturated carbocycles. The molecule has 0 radical (unpaired) electrons. The van der Waals surface area contributed by atoms with Gasteiger partial charge in [0.05, 0.1) is 26.4 Å². The molecule has 0 aliphatic carbocycles. The van der Waals surface area contributed by atoms with Gasteiger partial charge in [0.25, 0.3) is 0 Å². The predicted molar refractivity (Wildman–Crippen MR) is 423 cm³/mol. The number of ether oxygens (including phenoxy) is 4. The molecule has 103 heavy (non-hydrogen) atoms. The molecule has 17 nitrogen and oxygen atoms in total. The number of carbonyl (C=O) groups is 4. The van der Waals surface area contributed by atoms with Crippen LogP contribution >= 0.6 is 15.6 Å². The van der Waals surface area contributed by atoms with E-state index in [0.717, 1.165) is 103 Å². The third-order valence-corrected chi connectivity index (χ3v) is 21.8. The Hall–Kier alpha value is -1.94. The number of phosphoric acid groups is 2. The van der Waals surface area contributed by atoms with Gasteiger partial charge in [0.15, 0.2) is 12.2 Å². The van der Waals surface area contributed by atoms with Gasteiger partial charge in [-0.3, -0.25) is 37.3 Å². The average molecular weight is 1510 g/mol. The van der Waals surface area contributed by atoms with E-state index in [1.165, 1.54) is 276 Å². The molecule has 612 valence electrons. The lowest BCUT2D eigenvalue weighted by Crippen LogP contribution is -2.30. The van der Waals surface area contributed by atoms with Gasteiger partial charge in [0.2, 0.25) is 0 Å². The summed E-state index contributed by atoms with van der Waals surface area (Å²) in [4.78, 5) is 73.0. The molecule has 0 fully saturated rings. The van der Waals surface area contributed by atoms with Gasteiger partial charge < -0.3 is 33.8 Å². The highest BCUT2D eigenvalue weighted by molar-refractivity contribution is 7.47. The summed E-state index contributed by atoms with van der Waals surface area (Å²) in [7, 11) is -9.92. The fourth-order valence-electron chi connectivity index (χ4n) is 13.2. The summed E-state index contributed by atoms with van der Waals surface area (Å²) >= 11 is 0. The Bertz CT molecular complexity index is 1950. The number of aliphatic hydroxyl groups excluding tert-OH is 1. The molecular formula is C84H164O17P2. The fourth-order valence-corrected chi connectivity index (χ4v) is 14.7. The van der Waals surface area contributed by atoms with Crippen molar-refractivity contribution in [2.75, 3.05) is 39.6 Å². The second-order valence-corrected chi connectivity index (χ2v) is 33.1. The fraction of sp³-hybridized carbons (Fsp3) is 0.952. The molecule has 0 spiro atoms. The van der Waals surface area contributed by atoms with Gasteiger partial charge in [-0.25, -0.2) is 9.13 Å². The Morgan fingerprint density at radius 3 is 0.573 bits per heavy atom. The summed E-state index contributed by atoms with van der Waals surface area (Å²) in [5, 5.41) is 10.6. The van der Waals surface area contributed by atoms with Crippen LogP contribution in [0.2, 0.25) is 0 Å². The maximum absolute atomic E-state index is 13.1. The molecule has 0 aromatic rings. The van der Waals surface area contributed by atoms with E-state index >= 15 is 0 Å². The van der Waals surface area contributed by atoms with Gasteiger partial charge in [0, 0.05) is 25.7 Å². The zero-order chi connectivity index (χ0) is 75.3. The molecule has 3 N–H and O–H groups in total. The van der Waals surface area contributed by atoms with E-state index in [9.17, 15) is 43.2 Å². The number of carbonyl (C=O) groups excluding carboxylic acids is 4. The van der Waals surface area contributed by atoms with Gasteiger partial charge in [-0.1, -0.05) is 407 Å². The van der Waals surface area contributed by atoms with Crippen LogP contribution in [0.25, 0.3) is 0 Å². The van der Waals surface area contributed by atoms with Crippen molar-refractivity contribution in [3.63, 3.8) is 0 Å². The highest BCUT2D eigenvalue weighted by Crippen LogP contribution is 2.45. The summed E-state index contributed by atoms with van der Waals surface area (Å²) in [5.41, 5.74) is 0. The van der Waals surface area contributed by atoms with Crippen LogP contribution < -0.4 is 0 Å². The lowest BCUT2D eigenvalue weighted by molar-refractivity contribution is -0.161. The molecule has 0 aliphatic heterocycles. The van der Waals surface area contributed by atoms with Crippen molar-refractivity contribution >= 4 is 39.5 Å². The van der Waals surface area contributed by atoms with Gasteiger partial charge in [-0.05, 0) is 25.7 Å². The molecule has 0 aliphatic rings. The van der Waals surface area contributed by atoms with E-state index in [1.807, 2.05) is 0 Å². The van der Waals surface area contributed by atoms with Crippen LogP contribution in [0.5, 0.6) is 0 Å². The van der Waals surface area contributed by atoms with Crippen molar-refractivity contribution < 1.29 is 80.2 Å². The first-order chi connectivity index (χ1) is 50.2. The molecule has 0 rings (SSSR count). The monoisotopic (exact) mass is 1510 g/mol. The average Bonchev–Trinajstić information content (AvgIpc) is 0.946. The van der Waals surface area contributed by atoms with Gasteiger partial charge in [-0.2, -0.15) is 0 Å². The van der Waals surface area contributed by atoms with E-state index in [2.05, 4.69) is 27.7 Å². The van der Waals surface area contributed by atoms with Gasteiger partial charge in [0.1, 0.15) is 19.3 Å². The molecule has 5 atom stereocenters. The molecule has 0 saturated heterocycles. The number of rotatable bonds is 85. The summed E-state index contributed by atoms with van der Waals surface area (Å²) < 4.78 is 68.7. The molecule has 19 heteroatoms. The molecule has 2 unspecified atom stereocenters. The first kappa shape index (κ1) is 101. The third kappa shape index (κ3) is 78.0. The van der Waals surface area contributed by atoms with E-state index in [-0.39, 0.29) is 25.7 Å². The second kappa shape index (κ2) is 78.2. The van der Waals surface area contributed by atoms with Crippen molar-refractivity contribution in [1.29, 1.82) is 0 Å². The van der Waals surface area contributed by atoms with Gasteiger partial charge in [-0.15, -0.1) is 0 Å². The maximum atomic E-state index is 13.1. The van der Waals surface area contributed by atoms with E-state index in [0.29, 0.717) is 25.7 Å². The van der Waals surface area contributed by atoms with Gasteiger partial charge >= 0.3 is 39.5 Å². The largest absolute Gasteiger partial charge is 0.472 e. The smallest absolute Gasteiger partial charge is 0.462 e. The topological polar surface area (TPSA) is 237 Å². The molecule has 0 bridgehead atoms. The maximum Gasteiger partial charge on any atom is 0.472 e. The number of phosphoric ester groups is 2. The Kier molecular flexibility index (Phi) is 76.7. The number of unbranched alkanes of at least 4 members (excludes halogenated alkanes) is 59. The second-order valence-electron chi connectivity index (χ2n) is 30.2. The Morgan fingerprint density at radius 2 is 0.388 bits per heavy atom. The lowest BCUT2D eigenvalue weighted by Gasteiger charge is -2.21. The number of hydrogen-bond acceptors (Lipinski definition) is 15. The summed E-state index contributed by atoms with van der Waals surface area (Å²) in [6.45, 7) is 5.00. The number of hydrogen-bond donors (Lipinski definition) is 3. The summed E-state index contributed by atoms with van der Waals surface area (Å²) in [6.07, 6.45) is 72.5. The van der Waals surface area contributed by atoms with E-state index in [1.54, 1.807) is 0 Å². The molecule has 0 amide bonds. The highest BCUT2D eigenvalue weighted by atomic mass is 31.2. The first-order valence-electron chi connectivity index (χ1n) is 43.8. The molecule has 0 heterocycles. The number of esters is 4. The predicted octanol–water partition coefficient (Wildman–Crippen LogP) is 25.7. The zero-order valence-electron chi connectivity index (χ0n) is 67.3. The highest BCUT2D eigenvalue weighted by Gasteiger charge is 2.30. The van der Waals surface area contributed by atoms with Crippen molar-refractivity contribution in [1.82, 2.24) is 0 Å². The molecule has 0 aromatic carbocycles. The summed E-state index contributed by atoms with van der Waals surface area (Å²) in [6, 6.07) is 0. The van der Waals surface area contributed by atoms with Crippen molar-refractivity contribution in [3.05, 3.63) is 0 Å².